The number of nitrogens with zero attached hydrogens (tertiary/aromatic N) is 1. The molecule has 1 unspecified atom stereocenters. The number of aromatic nitrogens is 1. The van der Waals surface area contributed by atoms with E-state index in [1.54, 1.807) is 19.9 Å². The summed E-state index contributed by atoms with van der Waals surface area (Å²) < 4.78 is 47.7. The van der Waals surface area contributed by atoms with Crippen LogP contribution in [0.5, 0.6) is 5.75 Å². The van der Waals surface area contributed by atoms with Gasteiger partial charge in [0.1, 0.15) is 11.9 Å². The highest BCUT2D eigenvalue weighted by molar-refractivity contribution is 5.99. The van der Waals surface area contributed by atoms with Gasteiger partial charge in [0, 0.05) is 17.0 Å². The summed E-state index contributed by atoms with van der Waals surface area (Å²) in [5.74, 6) is 0.763. The Morgan fingerprint density at radius 3 is 2.38 bits per heavy atom. The monoisotopic (exact) mass is 474 g/mol. The van der Waals surface area contributed by atoms with E-state index in [2.05, 4.69) is 9.98 Å². The zero-order valence-corrected chi connectivity index (χ0v) is 19.8. The van der Waals surface area contributed by atoms with Crippen molar-refractivity contribution in [2.75, 3.05) is 7.11 Å². The Kier molecular flexibility index (Phi) is 7.21. The molecule has 1 heterocycles. The molecule has 0 radical (unpaired) electrons. The molecular weight excluding hydrogens is 445 g/mol. The fraction of sp³-hybridized carbons (Fsp3) is 0.385. The molecule has 0 aliphatic carbocycles. The molecule has 0 saturated carbocycles. The summed E-state index contributed by atoms with van der Waals surface area (Å²) in [5, 5.41) is 11.2. The normalized spacial score (nSPS) is 14.0. The van der Waals surface area contributed by atoms with Gasteiger partial charge in [-0.2, -0.15) is 13.2 Å². The summed E-state index contributed by atoms with van der Waals surface area (Å²) in [6.07, 6.45) is -6.98. The molecule has 1 atom stereocenters. The number of benzene rings is 2. The molecule has 2 N–H and O–H groups in total. The molecule has 0 saturated heterocycles. The molecule has 0 bridgehead atoms. The number of hydrogen-bond acceptors (Lipinski definition) is 4. The second kappa shape index (κ2) is 9.62. The molecule has 2 aromatic carbocycles. The third-order valence-electron chi connectivity index (χ3n) is 5.89. The van der Waals surface area contributed by atoms with Crippen molar-refractivity contribution in [2.45, 2.75) is 57.7 Å². The molecule has 3 rings (SSSR count). The van der Waals surface area contributed by atoms with Crippen molar-refractivity contribution in [3.05, 3.63) is 70.0 Å². The predicted molar refractivity (Wildman–Crippen MR) is 128 cm³/mol. The van der Waals surface area contributed by atoms with Crippen LogP contribution >= 0.6 is 0 Å². The summed E-state index contributed by atoms with van der Waals surface area (Å²) in [5.41, 5.74) is -0.493. The Balaban J connectivity index is 2.05. The standard InChI is InChI=1S/C26H29F3N2O3/c1-15(2)16-8-6-9-18(23(16)34-5)25(3,4)14-21(32)24(26(27,28)29)31-20-11-7-10-19-17(20)12-13-22(33)30-19/h6-13,15,21,32H,14H2,1-5H3,(H,30,33). The first-order valence-electron chi connectivity index (χ1n) is 11.0. The zero-order chi connectivity index (χ0) is 25.3. The summed E-state index contributed by atoms with van der Waals surface area (Å²) in [6, 6.07) is 12.7. The van der Waals surface area contributed by atoms with Gasteiger partial charge in [0.05, 0.1) is 18.3 Å². The van der Waals surface area contributed by atoms with Gasteiger partial charge in [-0.05, 0) is 41.5 Å². The summed E-state index contributed by atoms with van der Waals surface area (Å²) in [4.78, 5) is 18.0. The van der Waals surface area contributed by atoms with Crippen LogP contribution in [-0.4, -0.2) is 35.2 Å². The van der Waals surface area contributed by atoms with Crippen molar-refractivity contribution in [1.82, 2.24) is 4.98 Å². The number of methoxy groups -OCH3 is 1. The van der Waals surface area contributed by atoms with Crippen LogP contribution in [0.1, 0.15) is 51.2 Å². The van der Waals surface area contributed by atoms with Crippen molar-refractivity contribution in [2.24, 2.45) is 4.99 Å². The lowest BCUT2D eigenvalue weighted by Gasteiger charge is -2.31. The first-order chi connectivity index (χ1) is 15.8. The third-order valence-corrected chi connectivity index (χ3v) is 5.89. The SMILES string of the molecule is COc1c(C(C)C)cccc1C(C)(C)CC(O)C(=Nc1cccc2[nH]c(=O)ccc12)C(F)(F)F. The van der Waals surface area contributed by atoms with E-state index in [1.807, 2.05) is 32.0 Å². The van der Waals surface area contributed by atoms with E-state index >= 15 is 0 Å². The lowest BCUT2D eigenvalue weighted by molar-refractivity contribution is -0.0670. The second-order valence-corrected chi connectivity index (χ2v) is 9.24. The van der Waals surface area contributed by atoms with Gasteiger partial charge in [-0.3, -0.25) is 4.79 Å². The predicted octanol–water partition coefficient (Wildman–Crippen LogP) is 6.02. The van der Waals surface area contributed by atoms with E-state index in [0.29, 0.717) is 22.2 Å². The van der Waals surface area contributed by atoms with E-state index in [1.165, 1.54) is 31.4 Å². The summed E-state index contributed by atoms with van der Waals surface area (Å²) >= 11 is 0. The number of aliphatic hydroxyl groups is 1. The van der Waals surface area contributed by atoms with Gasteiger partial charge in [0.2, 0.25) is 5.56 Å². The smallest absolute Gasteiger partial charge is 0.432 e. The van der Waals surface area contributed by atoms with E-state index in [-0.39, 0.29) is 23.6 Å². The number of H-pyrrole nitrogens is 1. The molecule has 3 aromatic rings. The maximum atomic E-state index is 14.0. The van der Waals surface area contributed by atoms with Crippen molar-refractivity contribution >= 4 is 22.3 Å². The Bertz CT molecular complexity index is 1260. The van der Waals surface area contributed by atoms with Gasteiger partial charge in [-0.15, -0.1) is 0 Å². The molecular formula is C26H29F3N2O3. The van der Waals surface area contributed by atoms with Crippen LogP contribution in [0.3, 0.4) is 0 Å². The lowest BCUT2D eigenvalue weighted by atomic mass is 9.77. The Hall–Kier alpha value is -3.13. The van der Waals surface area contributed by atoms with E-state index in [9.17, 15) is 23.1 Å². The first kappa shape index (κ1) is 25.5. The second-order valence-electron chi connectivity index (χ2n) is 9.24. The summed E-state index contributed by atoms with van der Waals surface area (Å²) in [6.45, 7) is 7.56. The number of rotatable bonds is 7. The maximum absolute atomic E-state index is 14.0. The Morgan fingerprint density at radius 1 is 1.09 bits per heavy atom. The number of halogens is 3. The van der Waals surface area contributed by atoms with Crippen LogP contribution in [0, 0.1) is 0 Å². The molecule has 8 heteroatoms. The van der Waals surface area contributed by atoms with E-state index in [4.69, 9.17) is 4.74 Å². The number of hydrogen-bond donors (Lipinski definition) is 2. The molecule has 34 heavy (non-hydrogen) atoms. The highest BCUT2D eigenvalue weighted by Gasteiger charge is 2.43. The highest BCUT2D eigenvalue weighted by atomic mass is 19.4. The number of aliphatic hydroxyl groups excluding tert-OH is 1. The van der Waals surface area contributed by atoms with Gasteiger partial charge < -0.3 is 14.8 Å². The topological polar surface area (TPSA) is 74.7 Å². The van der Waals surface area contributed by atoms with Crippen molar-refractivity contribution in [3.8, 4) is 5.75 Å². The fourth-order valence-corrected chi connectivity index (χ4v) is 4.18. The van der Waals surface area contributed by atoms with Gasteiger partial charge in [-0.25, -0.2) is 4.99 Å². The quantitative estimate of drug-likeness (QED) is 0.411. The molecule has 182 valence electrons. The maximum Gasteiger partial charge on any atom is 0.432 e. The minimum absolute atomic E-state index is 0.0114. The number of alkyl halides is 3. The van der Waals surface area contributed by atoms with Crippen LogP contribution in [0.15, 0.2) is 58.3 Å². The van der Waals surface area contributed by atoms with Crippen LogP contribution < -0.4 is 10.3 Å². The van der Waals surface area contributed by atoms with Crippen LogP contribution in [0.25, 0.3) is 10.9 Å². The van der Waals surface area contributed by atoms with Crippen LogP contribution in [0.2, 0.25) is 0 Å². The molecule has 0 fully saturated rings. The Labute approximate surface area is 196 Å². The first-order valence-corrected chi connectivity index (χ1v) is 11.0. The number of nitrogens with one attached hydrogen (secondary N) is 1. The average molecular weight is 475 g/mol. The van der Waals surface area contributed by atoms with E-state index in [0.717, 1.165) is 5.56 Å². The minimum atomic E-state index is -4.86. The molecule has 0 spiro atoms. The molecule has 1 aromatic heterocycles. The van der Waals surface area contributed by atoms with Crippen LogP contribution in [0.4, 0.5) is 18.9 Å². The zero-order valence-electron chi connectivity index (χ0n) is 19.8. The largest absolute Gasteiger partial charge is 0.496 e. The minimum Gasteiger partial charge on any atom is -0.496 e. The highest BCUT2D eigenvalue weighted by Crippen LogP contribution is 2.40. The number of ether oxygens (including phenoxy) is 1. The van der Waals surface area contributed by atoms with Gasteiger partial charge in [0.15, 0.2) is 5.71 Å². The molecule has 0 amide bonds. The van der Waals surface area contributed by atoms with Gasteiger partial charge in [0.25, 0.3) is 0 Å². The number of aliphatic imine (C=N–C) groups is 1. The lowest BCUT2D eigenvalue weighted by Crippen LogP contribution is -2.38. The van der Waals surface area contributed by atoms with Gasteiger partial charge in [-0.1, -0.05) is 52.0 Å². The summed E-state index contributed by atoms with van der Waals surface area (Å²) in [7, 11) is 1.53. The Morgan fingerprint density at radius 2 is 1.76 bits per heavy atom. The molecule has 0 aliphatic heterocycles. The average Bonchev–Trinajstić information content (AvgIpc) is 2.75. The number of para-hydroxylation sites is 1. The number of pyridine rings is 1. The molecule has 0 aliphatic rings. The van der Waals surface area contributed by atoms with Crippen LogP contribution in [-0.2, 0) is 5.41 Å². The van der Waals surface area contributed by atoms with Crippen molar-refractivity contribution in [3.63, 3.8) is 0 Å². The van der Waals surface area contributed by atoms with Crippen molar-refractivity contribution < 1.29 is 23.0 Å². The fourth-order valence-electron chi connectivity index (χ4n) is 4.18. The van der Waals surface area contributed by atoms with E-state index < -0.39 is 23.4 Å². The van der Waals surface area contributed by atoms with Crippen molar-refractivity contribution in [1.29, 1.82) is 0 Å². The number of fused-ring (bicyclic) bond motifs is 1. The molecule has 5 nitrogen and oxygen atoms in total. The van der Waals surface area contributed by atoms with Gasteiger partial charge >= 0.3 is 6.18 Å². The number of aromatic amines is 1. The third kappa shape index (κ3) is 5.33.